The van der Waals surface area contributed by atoms with E-state index in [4.69, 9.17) is 5.11 Å². The first-order chi connectivity index (χ1) is 7.49. The Morgan fingerprint density at radius 1 is 1.38 bits per heavy atom. The fraction of sp³-hybridized carbons (Fsp3) is 0.923. The molecule has 0 saturated heterocycles. The molecule has 0 aromatic carbocycles. The second kappa shape index (κ2) is 4.36. The van der Waals surface area contributed by atoms with Gasteiger partial charge in [-0.25, -0.2) is 0 Å². The van der Waals surface area contributed by atoms with E-state index >= 15 is 0 Å². The Morgan fingerprint density at radius 3 is 2.62 bits per heavy atom. The molecule has 3 heteroatoms. The molecule has 3 nitrogen and oxygen atoms in total. The first-order valence-corrected chi connectivity index (χ1v) is 6.46. The van der Waals surface area contributed by atoms with Crippen LogP contribution in [0.4, 0.5) is 0 Å². The summed E-state index contributed by atoms with van der Waals surface area (Å²) in [6.07, 6.45) is 6.24. The quantitative estimate of drug-likeness (QED) is 0.754. The standard InChI is InChI=1S/C13H23NO2/c1-13(2,12(15)16)5-6-14-11-8-9-3-4-10(11)7-9/h9-11,14H,3-8H2,1-2H3,(H,15,16). The summed E-state index contributed by atoms with van der Waals surface area (Å²) in [5, 5.41) is 12.6. The van der Waals surface area contributed by atoms with Crippen molar-refractivity contribution in [3.05, 3.63) is 0 Å². The third kappa shape index (κ3) is 2.40. The van der Waals surface area contributed by atoms with Crippen LogP contribution >= 0.6 is 0 Å². The van der Waals surface area contributed by atoms with Crippen LogP contribution in [0.1, 0.15) is 46.0 Å². The number of carbonyl (C=O) groups is 1. The SMILES string of the molecule is CC(C)(CCNC1CC2CCC1C2)C(=O)O. The average Bonchev–Trinajstić information content (AvgIpc) is 2.78. The fourth-order valence-corrected chi connectivity index (χ4v) is 3.17. The van der Waals surface area contributed by atoms with Crippen molar-refractivity contribution >= 4 is 5.97 Å². The Kier molecular flexibility index (Phi) is 3.24. The first kappa shape index (κ1) is 11.9. The molecule has 0 aromatic rings. The van der Waals surface area contributed by atoms with Gasteiger partial charge in [-0.3, -0.25) is 4.79 Å². The van der Waals surface area contributed by atoms with E-state index in [0.29, 0.717) is 6.04 Å². The van der Waals surface area contributed by atoms with Crippen LogP contribution in [0.5, 0.6) is 0 Å². The number of nitrogens with one attached hydrogen (secondary N) is 1. The lowest BCUT2D eigenvalue weighted by Crippen LogP contribution is -2.37. The molecule has 3 unspecified atom stereocenters. The maximum atomic E-state index is 10.9. The largest absolute Gasteiger partial charge is 0.481 e. The van der Waals surface area contributed by atoms with Gasteiger partial charge in [0.2, 0.25) is 0 Å². The number of hydrogen-bond donors (Lipinski definition) is 2. The molecule has 0 aromatic heterocycles. The zero-order valence-corrected chi connectivity index (χ0v) is 10.3. The molecule has 2 saturated carbocycles. The molecule has 2 fully saturated rings. The smallest absolute Gasteiger partial charge is 0.309 e. The minimum Gasteiger partial charge on any atom is -0.481 e. The van der Waals surface area contributed by atoms with Crippen LogP contribution in [0.15, 0.2) is 0 Å². The van der Waals surface area contributed by atoms with E-state index in [1.807, 2.05) is 0 Å². The minimum absolute atomic E-state index is 0.593. The molecule has 0 aliphatic heterocycles. The molecule has 2 N–H and O–H groups in total. The molecule has 16 heavy (non-hydrogen) atoms. The van der Waals surface area contributed by atoms with Crippen LogP contribution in [0.25, 0.3) is 0 Å². The summed E-state index contributed by atoms with van der Waals surface area (Å²) in [5.74, 6) is 1.13. The second-order valence-corrected chi connectivity index (χ2v) is 6.17. The van der Waals surface area contributed by atoms with E-state index < -0.39 is 11.4 Å². The number of rotatable bonds is 5. The maximum Gasteiger partial charge on any atom is 0.309 e. The summed E-state index contributed by atoms with van der Waals surface area (Å²) in [4.78, 5) is 10.9. The van der Waals surface area contributed by atoms with E-state index in [2.05, 4.69) is 5.32 Å². The molecule has 2 bridgehead atoms. The Labute approximate surface area is 97.6 Å². The van der Waals surface area contributed by atoms with E-state index in [9.17, 15) is 4.79 Å². The van der Waals surface area contributed by atoms with Crippen LogP contribution in [-0.2, 0) is 4.79 Å². The monoisotopic (exact) mass is 225 g/mol. The predicted molar refractivity (Wildman–Crippen MR) is 63.3 cm³/mol. The summed E-state index contributed by atoms with van der Waals surface area (Å²) >= 11 is 0. The van der Waals surface area contributed by atoms with Gasteiger partial charge in [-0.2, -0.15) is 0 Å². The van der Waals surface area contributed by atoms with Gasteiger partial charge in [-0.1, -0.05) is 6.42 Å². The van der Waals surface area contributed by atoms with Gasteiger partial charge in [0.15, 0.2) is 0 Å². The average molecular weight is 225 g/mol. The first-order valence-electron chi connectivity index (χ1n) is 6.46. The molecule has 2 aliphatic carbocycles. The van der Waals surface area contributed by atoms with Crippen molar-refractivity contribution in [2.45, 2.75) is 52.0 Å². The normalized spacial score (nSPS) is 33.2. The van der Waals surface area contributed by atoms with Gasteiger partial charge >= 0.3 is 5.97 Å². The van der Waals surface area contributed by atoms with E-state index in [1.54, 1.807) is 13.8 Å². The van der Waals surface area contributed by atoms with Crippen molar-refractivity contribution in [1.82, 2.24) is 5.32 Å². The molecule has 0 amide bonds. The van der Waals surface area contributed by atoms with E-state index in [1.165, 1.54) is 25.7 Å². The molecule has 3 atom stereocenters. The zero-order chi connectivity index (χ0) is 11.8. The molecule has 0 heterocycles. The van der Waals surface area contributed by atoms with Crippen LogP contribution < -0.4 is 5.32 Å². The summed E-state index contributed by atoms with van der Waals surface area (Å²) in [7, 11) is 0. The number of carboxylic acids is 1. The highest BCUT2D eigenvalue weighted by Gasteiger charge is 2.39. The highest BCUT2D eigenvalue weighted by Crippen LogP contribution is 2.44. The van der Waals surface area contributed by atoms with E-state index in [0.717, 1.165) is 24.8 Å². The predicted octanol–water partition coefficient (Wildman–Crippen LogP) is 2.27. The molecule has 0 spiro atoms. The Hall–Kier alpha value is -0.570. The van der Waals surface area contributed by atoms with Crippen molar-refractivity contribution in [2.24, 2.45) is 17.3 Å². The molecule has 2 aliphatic rings. The van der Waals surface area contributed by atoms with Gasteiger partial charge in [0.05, 0.1) is 5.41 Å². The lowest BCUT2D eigenvalue weighted by molar-refractivity contribution is -0.147. The van der Waals surface area contributed by atoms with Gasteiger partial charge in [-0.05, 0) is 57.9 Å². The number of aliphatic carboxylic acids is 1. The number of carboxylic acid groups (broad SMARTS) is 1. The summed E-state index contributed by atoms with van der Waals surface area (Å²) < 4.78 is 0. The van der Waals surface area contributed by atoms with Gasteiger partial charge in [0.1, 0.15) is 0 Å². The summed E-state index contributed by atoms with van der Waals surface area (Å²) in [5.41, 5.74) is -0.593. The Balaban J connectivity index is 1.71. The highest BCUT2D eigenvalue weighted by atomic mass is 16.4. The van der Waals surface area contributed by atoms with Crippen LogP contribution in [-0.4, -0.2) is 23.7 Å². The van der Waals surface area contributed by atoms with Crippen molar-refractivity contribution in [3.63, 3.8) is 0 Å². The maximum absolute atomic E-state index is 10.9. The topological polar surface area (TPSA) is 49.3 Å². The Morgan fingerprint density at radius 2 is 2.12 bits per heavy atom. The highest BCUT2D eigenvalue weighted by molar-refractivity contribution is 5.73. The van der Waals surface area contributed by atoms with Crippen LogP contribution in [0, 0.1) is 17.3 Å². The van der Waals surface area contributed by atoms with Crippen molar-refractivity contribution in [3.8, 4) is 0 Å². The van der Waals surface area contributed by atoms with Crippen LogP contribution in [0.3, 0.4) is 0 Å². The third-order valence-electron chi connectivity index (χ3n) is 4.47. The van der Waals surface area contributed by atoms with Gasteiger partial charge in [0, 0.05) is 6.04 Å². The van der Waals surface area contributed by atoms with Crippen molar-refractivity contribution in [1.29, 1.82) is 0 Å². The van der Waals surface area contributed by atoms with Crippen molar-refractivity contribution < 1.29 is 9.90 Å². The lowest BCUT2D eigenvalue weighted by Gasteiger charge is -2.25. The molecule has 92 valence electrons. The second-order valence-electron chi connectivity index (χ2n) is 6.17. The summed E-state index contributed by atoms with van der Waals surface area (Å²) in [6, 6.07) is 0.670. The number of fused-ring (bicyclic) bond motifs is 2. The lowest BCUT2D eigenvalue weighted by atomic mass is 9.89. The molecule has 0 radical (unpaired) electrons. The number of hydrogen-bond acceptors (Lipinski definition) is 2. The molecule has 2 rings (SSSR count). The fourth-order valence-electron chi connectivity index (χ4n) is 3.17. The van der Waals surface area contributed by atoms with Gasteiger partial charge in [-0.15, -0.1) is 0 Å². The molecular formula is C13H23NO2. The minimum atomic E-state index is -0.692. The van der Waals surface area contributed by atoms with Crippen molar-refractivity contribution in [2.75, 3.05) is 6.54 Å². The Bertz CT molecular complexity index is 275. The van der Waals surface area contributed by atoms with Gasteiger partial charge in [0.25, 0.3) is 0 Å². The van der Waals surface area contributed by atoms with E-state index in [-0.39, 0.29) is 0 Å². The van der Waals surface area contributed by atoms with Crippen LogP contribution in [0.2, 0.25) is 0 Å². The zero-order valence-electron chi connectivity index (χ0n) is 10.3. The van der Waals surface area contributed by atoms with Gasteiger partial charge < -0.3 is 10.4 Å². The summed E-state index contributed by atoms with van der Waals surface area (Å²) in [6.45, 7) is 4.45. The molecular weight excluding hydrogens is 202 g/mol. The third-order valence-corrected chi connectivity index (χ3v) is 4.47.